The van der Waals surface area contributed by atoms with Crippen molar-refractivity contribution in [2.24, 2.45) is 4.99 Å². The van der Waals surface area contributed by atoms with Crippen molar-refractivity contribution in [1.29, 1.82) is 0 Å². The first kappa shape index (κ1) is 17.3. The van der Waals surface area contributed by atoms with Crippen LogP contribution in [0.25, 0.3) is 5.69 Å². The first-order valence-electron chi connectivity index (χ1n) is 7.50. The van der Waals surface area contributed by atoms with Crippen LogP contribution in [0.15, 0.2) is 41.7 Å². The lowest BCUT2D eigenvalue weighted by atomic mass is 10.2. The summed E-state index contributed by atoms with van der Waals surface area (Å²) in [5, 5.41) is 14.8. The van der Waals surface area contributed by atoms with Gasteiger partial charge in [-0.25, -0.2) is 0 Å². The van der Waals surface area contributed by atoms with E-state index < -0.39 is 0 Å². The smallest absolute Gasteiger partial charge is 0.191 e. The Morgan fingerprint density at radius 3 is 2.65 bits per heavy atom. The van der Waals surface area contributed by atoms with E-state index in [9.17, 15) is 0 Å². The van der Waals surface area contributed by atoms with E-state index in [0.717, 1.165) is 24.0 Å². The topological polar surface area (TPSA) is 67.1 Å². The summed E-state index contributed by atoms with van der Waals surface area (Å²) in [6, 6.07) is 10.0. The van der Waals surface area contributed by atoms with Gasteiger partial charge in [-0.05, 0) is 32.2 Å². The number of nitrogens with one attached hydrogen (secondary N) is 2. The van der Waals surface area contributed by atoms with Gasteiger partial charge in [-0.1, -0.05) is 18.2 Å². The van der Waals surface area contributed by atoms with Gasteiger partial charge in [0.2, 0.25) is 0 Å². The van der Waals surface area contributed by atoms with E-state index in [1.54, 1.807) is 13.4 Å². The Hall–Kier alpha value is -2.02. The summed E-state index contributed by atoms with van der Waals surface area (Å²) in [7, 11) is 1.77. The molecule has 2 rings (SSSR count). The minimum Gasteiger partial charge on any atom is -0.355 e. The van der Waals surface area contributed by atoms with E-state index in [1.165, 1.54) is 0 Å². The lowest BCUT2D eigenvalue weighted by molar-refractivity contribution is 0.660. The van der Waals surface area contributed by atoms with Gasteiger partial charge in [0.05, 0.1) is 6.54 Å². The van der Waals surface area contributed by atoms with Crippen LogP contribution < -0.4 is 10.6 Å². The van der Waals surface area contributed by atoms with Crippen molar-refractivity contribution in [2.75, 3.05) is 19.8 Å². The SMILES string of the molecule is CN=C(NCc1nncn1-c1ccccc1)NCC(C)(C)SC. The second-order valence-corrected chi connectivity index (χ2v) is 7.21. The Bertz CT molecular complexity index is 635. The minimum absolute atomic E-state index is 0.154. The molecule has 0 fully saturated rings. The number of rotatable bonds is 6. The van der Waals surface area contributed by atoms with Crippen LogP contribution in [0.5, 0.6) is 0 Å². The molecule has 0 aliphatic heterocycles. The van der Waals surface area contributed by atoms with E-state index in [4.69, 9.17) is 0 Å². The number of guanidine groups is 1. The molecule has 2 aromatic rings. The lowest BCUT2D eigenvalue weighted by Crippen LogP contribution is -2.43. The summed E-state index contributed by atoms with van der Waals surface area (Å²) in [5.74, 6) is 1.60. The fourth-order valence-corrected chi connectivity index (χ4v) is 2.15. The van der Waals surface area contributed by atoms with Gasteiger partial charge in [-0.3, -0.25) is 9.56 Å². The van der Waals surface area contributed by atoms with Crippen LogP contribution in [0, 0.1) is 0 Å². The Balaban J connectivity index is 1.97. The Morgan fingerprint density at radius 1 is 1.26 bits per heavy atom. The van der Waals surface area contributed by atoms with Crippen molar-refractivity contribution in [2.45, 2.75) is 25.1 Å². The zero-order chi connectivity index (χ0) is 16.7. The highest BCUT2D eigenvalue weighted by molar-refractivity contribution is 7.99. The van der Waals surface area contributed by atoms with Crippen molar-refractivity contribution in [3.05, 3.63) is 42.5 Å². The number of hydrogen-bond donors (Lipinski definition) is 2. The maximum Gasteiger partial charge on any atom is 0.191 e. The van der Waals surface area contributed by atoms with E-state index in [1.807, 2.05) is 46.7 Å². The van der Waals surface area contributed by atoms with Crippen LogP contribution in [0.1, 0.15) is 19.7 Å². The summed E-state index contributed by atoms with van der Waals surface area (Å²) in [5.41, 5.74) is 1.04. The lowest BCUT2D eigenvalue weighted by Gasteiger charge is -2.23. The molecule has 23 heavy (non-hydrogen) atoms. The number of aliphatic imine (C=N–C) groups is 1. The standard InChI is InChI=1S/C16H24N6S/c1-16(2,23-4)11-19-15(17-3)18-10-14-21-20-12-22(14)13-8-6-5-7-9-13/h5-9,12H,10-11H2,1-4H3,(H2,17,18,19). The van der Waals surface area contributed by atoms with Crippen LogP contribution in [0.3, 0.4) is 0 Å². The molecule has 1 aromatic heterocycles. The van der Waals surface area contributed by atoms with Crippen LogP contribution >= 0.6 is 11.8 Å². The molecule has 124 valence electrons. The molecule has 1 heterocycles. The van der Waals surface area contributed by atoms with E-state index in [-0.39, 0.29) is 4.75 Å². The maximum atomic E-state index is 4.25. The zero-order valence-electron chi connectivity index (χ0n) is 14.1. The molecule has 0 amide bonds. The molecule has 0 aliphatic carbocycles. The van der Waals surface area contributed by atoms with Crippen LogP contribution in [0.2, 0.25) is 0 Å². The summed E-state index contributed by atoms with van der Waals surface area (Å²) in [6.07, 6.45) is 3.83. The van der Waals surface area contributed by atoms with Crippen molar-refractivity contribution in [3.63, 3.8) is 0 Å². The normalized spacial score (nSPS) is 12.3. The van der Waals surface area contributed by atoms with Crippen LogP contribution in [-0.4, -0.2) is 45.3 Å². The number of hydrogen-bond acceptors (Lipinski definition) is 4. The van der Waals surface area contributed by atoms with Gasteiger partial charge in [0.15, 0.2) is 11.8 Å². The third-order valence-corrected chi connectivity index (χ3v) is 4.77. The fraction of sp³-hybridized carbons (Fsp3) is 0.438. The molecule has 1 aromatic carbocycles. The average Bonchev–Trinajstić information content (AvgIpc) is 3.04. The molecule has 6 nitrogen and oxygen atoms in total. The Morgan fingerprint density at radius 2 is 2.00 bits per heavy atom. The second kappa shape index (κ2) is 8.01. The molecule has 0 saturated carbocycles. The van der Waals surface area contributed by atoms with Gasteiger partial charge < -0.3 is 10.6 Å². The summed E-state index contributed by atoms with van der Waals surface area (Å²) >= 11 is 1.82. The molecule has 2 N–H and O–H groups in total. The Labute approximate surface area is 141 Å². The molecular weight excluding hydrogens is 308 g/mol. The number of nitrogens with zero attached hydrogens (tertiary/aromatic N) is 4. The monoisotopic (exact) mass is 332 g/mol. The molecule has 0 atom stereocenters. The molecule has 0 saturated heterocycles. The van der Waals surface area contributed by atoms with Crippen molar-refractivity contribution in [3.8, 4) is 5.69 Å². The summed E-state index contributed by atoms with van der Waals surface area (Å²) in [6.45, 7) is 5.78. The first-order chi connectivity index (χ1) is 11.1. The van der Waals surface area contributed by atoms with Gasteiger partial charge in [-0.2, -0.15) is 11.8 Å². The van der Waals surface area contributed by atoms with Gasteiger partial charge in [0.1, 0.15) is 6.33 Å². The fourth-order valence-electron chi connectivity index (χ4n) is 1.94. The summed E-state index contributed by atoms with van der Waals surface area (Å²) in [4.78, 5) is 4.25. The predicted molar refractivity (Wildman–Crippen MR) is 97.2 cm³/mol. The van der Waals surface area contributed by atoms with Gasteiger partial charge in [0.25, 0.3) is 0 Å². The second-order valence-electron chi connectivity index (χ2n) is 5.70. The first-order valence-corrected chi connectivity index (χ1v) is 8.72. The number of para-hydroxylation sites is 1. The van der Waals surface area contributed by atoms with E-state index in [2.05, 4.69) is 45.9 Å². The van der Waals surface area contributed by atoms with Gasteiger partial charge in [0, 0.05) is 24.0 Å². The third kappa shape index (κ3) is 4.99. The Kier molecular flexibility index (Phi) is 6.04. The molecular formula is C16H24N6S. The van der Waals surface area contributed by atoms with E-state index in [0.29, 0.717) is 6.54 Å². The van der Waals surface area contributed by atoms with E-state index >= 15 is 0 Å². The van der Waals surface area contributed by atoms with Gasteiger partial charge >= 0.3 is 0 Å². The van der Waals surface area contributed by atoms with Gasteiger partial charge in [-0.15, -0.1) is 10.2 Å². The number of thioether (sulfide) groups is 1. The molecule has 0 spiro atoms. The third-order valence-electron chi connectivity index (χ3n) is 3.52. The van der Waals surface area contributed by atoms with Crippen molar-refractivity contribution in [1.82, 2.24) is 25.4 Å². The van der Waals surface area contributed by atoms with Crippen molar-refractivity contribution < 1.29 is 0 Å². The molecule has 0 bridgehead atoms. The highest BCUT2D eigenvalue weighted by atomic mass is 32.2. The van der Waals surface area contributed by atoms with Crippen molar-refractivity contribution >= 4 is 17.7 Å². The summed E-state index contributed by atoms with van der Waals surface area (Å²) < 4.78 is 2.12. The van der Waals surface area contributed by atoms with Crippen LogP contribution in [0.4, 0.5) is 0 Å². The minimum atomic E-state index is 0.154. The highest BCUT2D eigenvalue weighted by Crippen LogP contribution is 2.19. The number of aromatic nitrogens is 3. The average molecular weight is 332 g/mol. The molecule has 0 unspecified atom stereocenters. The molecule has 0 radical (unpaired) electrons. The molecule has 7 heteroatoms. The maximum absolute atomic E-state index is 4.25. The largest absolute Gasteiger partial charge is 0.355 e. The molecule has 0 aliphatic rings. The zero-order valence-corrected chi connectivity index (χ0v) is 14.9. The quantitative estimate of drug-likeness (QED) is 0.626. The number of benzene rings is 1. The highest BCUT2D eigenvalue weighted by Gasteiger charge is 2.16. The predicted octanol–water partition coefficient (Wildman–Crippen LogP) is 2.07. The van der Waals surface area contributed by atoms with Crippen LogP contribution in [-0.2, 0) is 6.54 Å².